The molecule has 0 saturated carbocycles. The van der Waals surface area contributed by atoms with Crippen molar-refractivity contribution in [3.8, 4) is 0 Å². The van der Waals surface area contributed by atoms with Gasteiger partial charge in [-0.05, 0) is 18.6 Å². The summed E-state index contributed by atoms with van der Waals surface area (Å²) in [5.74, 6) is 0. The van der Waals surface area contributed by atoms with Crippen molar-refractivity contribution >= 4 is 16.6 Å². The van der Waals surface area contributed by atoms with Gasteiger partial charge in [-0.3, -0.25) is 0 Å². The maximum atomic E-state index is 5.99. The number of hydrogen-bond donors (Lipinski definition) is 1. The molecular weight excluding hydrogens is 212 g/mol. The molecule has 2 aromatic rings. The van der Waals surface area contributed by atoms with Gasteiger partial charge in [-0.15, -0.1) is 0 Å². The molecule has 92 valence electrons. The highest BCUT2D eigenvalue weighted by molar-refractivity contribution is 5.90. The second kappa shape index (κ2) is 5.73. The third-order valence-electron chi connectivity index (χ3n) is 2.94. The minimum Gasteiger partial charge on any atom is -0.397 e. The summed E-state index contributed by atoms with van der Waals surface area (Å²) in [4.78, 5) is 0. The number of aromatic nitrogens is 1. The first-order valence-corrected chi connectivity index (χ1v) is 6.24. The summed E-state index contributed by atoms with van der Waals surface area (Å²) >= 11 is 0. The Morgan fingerprint density at radius 3 is 2.94 bits per heavy atom. The summed E-state index contributed by atoms with van der Waals surface area (Å²) in [6, 6.07) is 8.11. The molecule has 0 saturated heterocycles. The van der Waals surface area contributed by atoms with Crippen LogP contribution in [0.25, 0.3) is 10.9 Å². The minimum absolute atomic E-state index is 0.748. The quantitative estimate of drug-likeness (QED) is 0.614. The summed E-state index contributed by atoms with van der Waals surface area (Å²) in [6.07, 6.45) is 4.39. The zero-order valence-electron chi connectivity index (χ0n) is 10.4. The molecule has 0 spiro atoms. The molecule has 0 radical (unpaired) electrons. The lowest BCUT2D eigenvalue weighted by Crippen LogP contribution is -2.06. The summed E-state index contributed by atoms with van der Waals surface area (Å²) in [7, 11) is 0. The van der Waals surface area contributed by atoms with Crippen molar-refractivity contribution in [2.24, 2.45) is 0 Å². The van der Waals surface area contributed by atoms with Gasteiger partial charge in [-0.1, -0.05) is 25.5 Å². The molecule has 2 N–H and O–H groups in total. The molecule has 0 atom stereocenters. The maximum absolute atomic E-state index is 5.99. The van der Waals surface area contributed by atoms with E-state index >= 15 is 0 Å². The normalized spacial score (nSPS) is 11.1. The zero-order chi connectivity index (χ0) is 12.1. The predicted molar refractivity (Wildman–Crippen MR) is 72.1 cm³/mol. The van der Waals surface area contributed by atoms with Crippen molar-refractivity contribution in [1.82, 2.24) is 4.57 Å². The lowest BCUT2D eigenvalue weighted by Gasteiger charge is -2.08. The molecule has 1 aromatic heterocycles. The van der Waals surface area contributed by atoms with Crippen LogP contribution in [0.5, 0.6) is 0 Å². The van der Waals surface area contributed by atoms with Gasteiger partial charge < -0.3 is 15.0 Å². The third kappa shape index (κ3) is 2.80. The number of nitrogens with two attached hydrogens (primary N) is 1. The average molecular weight is 232 g/mol. The van der Waals surface area contributed by atoms with Gasteiger partial charge >= 0.3 is 0 Å². The van der Waals surface area contributed by atoms with Gasteiger partial charge in [0, 0.05) is 24.7 Å². The van der Waals surface area contributed by atoms with Crippen molar-refractivity contribution in [2.45, 2.75) is 26.3 Å². The summed E-state index contributed by atoms with van der Waals surface area (Å²) in [6.45, 7) is 4.63. The number of fused-ring (bicyclic) bond motifs is 1. The van der Waals surface area contributed by atoms with Crippen LogP contribution in [-0.2, 0) is 11.3 Å². The number of rotatable bonds is 6. The largest absolute Gasteiger partial charge is 0.397 e. The Kier molecular flexibility index (Phi) is 4.04. The number of nitrogens with zero attached hydrogens (tertiary/aromatic N) is 1. The van der Waals surface area contributed by atoms with Crippen LogP contribution in [0.15, 0.2) is 30.5 Å². The Labute approximate surface area is 102 Å². The van der Waals surface area contributed by atoms with Crippen LogP contribution in [0.1, 0.15) is 19.8 Å². The fraction of sp³-hybridized carbons (Fsp3) is 0.429. The zero-order valence-corrected chi connectivity index (χ0v) is 10.4. The number of para-hydroxylation sites is 1. The van der Waals surface area contributed by atoms with Crippen molar-refractivity contribution < 1.29 is 4.74 Å². The molecule has 17 heavy (non-hydrogen) atoms. The van der Waals surface area contributed by atoms with Crippen LogP contribution < -0.4 is 5.73 Å². The molecule has 3 heteroatoms. The van der Waals surface area contributed by atoms with Gasteiger partial charge in [0.25, 0.3) is 0 Å². The van der Waals surface area contributed by atoms with E-state index in [-0.39, 0.29) is 0 Å². The van der Waals surface area contributed by atoms with E-state index in [1.807, 2.05) is 12.1 Å². The van der Waals surface area contributed by atoms with E-state index < -0.39 is 0 Å². The lowest BCUT2D eigenvalue weighted by atomic mass is 10.2. The molecule has 0 aliphatic heterocycles. The fourth-order valence-corrected chi connectivity index (χ4v) is 1.99. The number of nitrogen functional groups attached to an aromatic ring is 1. The summed E-state index contributed by atoms with van der Waals surface area (Å²) < 4.78 is 7.74. The molecular formula is C14H20N2O. The van der Waals surface area contributed by atoms with Crippen LogP contribution in [0.2, 0.25) is 0 Å². The minimum atomic E-state index is 0.748. The first kappa shape index (κ1) is 12.0. The highest BCUT2D eigenvalue weighted by atomic mass is 16.5. The van der Waals surface area contributed by atoms with Crippen LogP contribution >= 0.6 is 0 Å². The molecule has 0 aliphatic rings. The second-order valence-corrected chi connectivity index (χ2v) is 4.26. The Hall–Kier alpha value is -1.48. The smallest absolute Gasteiger partial charge is 0.0714 e. The molecule has 0 fully saturated rings. The van der Waals surface area contributed by atoms with E-state index in [2.05, 4.69) is 29.8 Å². The van der Waals surface area contributed by atoms with Crippen LogP contribution in [0.3, 0.4) is 0 Å². The molecule has 0 amide bonds. The van der Waals surface area contributed by atoms with Crippen LogP contribution in [0, 0.1) is 0 Å². The molecule has 0 unspecified atom stereocenters. The Balaban J connectivity index is 1.99. The fourth-order valence-electron chi connectivity index (χ4n) is 1.99. The summed E-state index contributed by atoms with van der Waals surface area (Å²) in [5.41, 5.74) is 7.94. The Morgan fingerprint density at radius 1 is 1.24 bits per heavy atom. The predicted octanol–water partition coefficient (Wildman–Crippen LogP) is 3.04. The van der Waals surface area contributed by atoms with Gasteiger partial charge in [0.15, 0.2) is 0 Å². The number of anilines is 1. The van der Waals surface area contributed by atoms with E-state index in [0.29, 0.717) is 0 Å². The number of ether oxygens (including phenoxy) is 1. The first-order valence-electron chi connectivity index (χ1n) is 6.24. The molecule has 1 aromatic carbocycles. The van der Waals surface area contributed by atoms with Gasteiger partial charge in [0.1, 0.15) is 0 Å². The van der Waals surface area contributed by atoms with Crippen molar-refractivity contribution in [3.05, 3.63) is 30.5 Å². The van der Waals surface area contributed by atoms with Crippen molar-refractivity contribution in [1.29, 1.82) is 0 Å². The first-order chi connectivity index (χ1) is 8.33. The van der Waals surface area contributed by atoms with Gasteiger partial charge in [-0.2, -0.15) is 0 Å². The van der Waals surface area contributed by atoms with Gasteiger partial charge in [0.2, 0.25) is 0 Å². The highest BCUT2D eigenvalue weighted by Gasteiger charge is 2.03. The lowest BCUT2D eigenvalue weighted by molar-refractivity contribution is 0.124. The topological polar surface area (TPSA) is 40.2 Å². The third-order valence-corrected chi connectivity index (χ3v) is 2.94. The maximum Gasteiger partial charge on any atom is 0.0714 e. The SMILES string of the molecule is CCCCOCCn1ccc2cccc(N)c21. The van der Waals surface area contributed by atoms with Crippen LogP contribution in [-0.4, -0.2) is 17.8 Å². The highest BCUT2D eigenvalue weighted by Crippen LogP contribution is 2.21. The number of benzene rings is 1. The average Bonchev–Trinajstić information content (AvgIpc) is 2.74. The second-order valence-electron chi connectivity index (χ2n) is 4.26. The monoisotopic (exact) mass is 232 g/mol. The number of hydrogen-bond acceptors (Lipinski definition) is 2. The Bertz CT molecular complexity index is 476. The van der Waals surface area contributed by atoms with Crippen molar-refractivity contribution in [3.63, 3.8) is 0 Å². The summed E-state index contributed by atoms with van der Waals surface area (Å²) in [5, 5.41) is 1.19. The van der Waals surface area contributed by atoms with Gasteiger partial charge in [-0.25, -0.2) is 0 Å². The van der Waals surface area contributed by atoms with E-state index in [1.165, 1.54) is 11.8 Å². The molecule has 2 rings (SSSR count). The van der Waals surface area contributed by atoms with Crippen molar-refractivity contribution in [2.75, 3.05) is 18.9 Å². The van der Waals surface area contributed by atoms with E-state index in [4.69, 9.17) is 10.5 Å². The molecule has 0 bridgehead atoms. The van der Waals surface area contributed by atoms with Crippen LogP contribution in [0.4, 0.5) is 5.69 Å². The van der Waals surface area contributed by atoms with E-state index in [9.17, 15) is 0 Å². The number of unbranched alkanes of at least 4 members (excludes halogenated alkanes) is 1. The Morgan fingerprint density at radius 2 is 2.12 bits per heavy atom. The van der Waals surface area contributed by atoms with E-state index in [0.717, 1.165) is 37.4 Å². The molecule has 0 aliphatic carbocycles. The molecule has 1 heterocycles. The van der Waals surface area contributed by atoms with E-state index in [1.54, 1.807) is 0 Å². The standard InChI is InChI=1S/C14H20N2O/c1-2-3-10-17-11-9-16-8-7-12-5-4-6-13(15)14(12)16/h4-8H,2-3,9-11,15H2,1H3. The van der Waals surface area contributed by atoms with Gasteiger partial charge in [0.05, 0.1) is 17.8 Å². The molecule has 3 nitrogen and oxygen atoms in total.